The zero-order chi connectivity index (χ0) is 26.7. The summed E-state index contributed by atoms with van der Waals surface area (Å²) < 4.78 is 17.2. The first-order valence-corrected chi connectivity index (χ1v) is 13.0. The maximum Gasteiger partial charge on any atom is 0.283 e. The summed E-state index contributed by atoms with van der Waals surface area (Å²) in [5.74, 6) is 1.47. The van der Waals surface area contributed by atoms with Crippen LogP contribution in [0.4, 0.5) is 0 Å². The molecule has 1 amide bonds. The van der Waals surface area contributed by atoms with Crippen LogP contribution in [-0.4, -0.2) is 47.3 Å². The number of halogens is 1. The molecule has 2 heterocycles. The molecule has 0 saturated heterocycles. The quantitative estimate of drug-likeness (QED) is 0.305. The number of thioether (sulfide) groups is 1. The number of hydrogen-bond acceptors (Lipinski definition) is 7. The van der Waals surface area contributed by atoms with Gasteiger partial charge in [0.05, 0.1) is 17.7 Å². The Hall–Kier alpha value is -3.30. The van der Waals surface area contributed by atoms with Crippen molar-refractivity contribution in [3.8, 4) is 17.2 Å². The van der Waals surface area contributed by atoms with Crippen LogP contribution in [-0.2, 0) is 4.79 Å². The second-order valence-electron chi connectivity index (χ2n) is 9.11. The van der Waals surface area contributed by atoms with E-state index in [9.17, 15) is 4.79 Å². The van der Waals surface area contributed by atoms with Gasteiger partial charge < -0.3 is 14.2 Å². The van der Waals surface area contributed by atoms with Gasteiger partial charge in [0.1, 0.15) is 24.0 Å². The number of nitrogens with one attached hydrogen (secondary N) is 1. The molecule has 0 spiro atoms. The molecule has 0 saturated carbocycles. The van der Waals surface area contributed by atoms with E-state index in [2.05, 4.69) is 23.9 Å². The van der Waals surface area contributed by atoms with Crippen molar-refractivity contribution in [3.05, 3.63) is 57.6 Å². The van der Waals surface area contributed by atoms with E-state index in [4.69, 9.17) is 31.2 Å². The van der Waals surface area contributed by atoms with Crippen molar-refractivity contribution in [2.45, 2.75) is 34.1 Å². The minimum atomic E-state index is -0.497. The van der Waals surface area contributed by atoms with Crippen molar-refractivity contribution in [1.29, 1.82) is 5.41 Å². The number of hydrazone groups is 1. The van der Waals surface area contributed by atoms with Gasteiger partial charge in [-0.3, -0.25) is 10.2 Å². The number of fused-ring (bicyclic) bond motifs is 1. The second kappa shape index (κ2) is 11.4. The number of carbonyl (C=O) groups excluding carboxylic acids is 1. The SMILES string of the molecule is COc1cc(/C=C2/C(=N)N3N=C(CC(C)C)SC3=NC2=O)cc(Cl)c1OCCOc1cc(C)ccc1C. The van der Waals surface area contributed by atoms with Crippen LogP contribution in [0.2, 0.25) is 5.02 Å². The molecule has 0 bridgehead atoms. The highest BCUT2D eigenvalue weighted by molar-refractivity contribution is 8.26. The maximum absolute atomic E-state index is 12.7. The number of nitrogens with zero attached hydrogens (tertiary/aromatic N) is 3. The number of ether oxygens (including phenoxy) is 3. The number of amidine groups is 2. The topological polar surface area (TPSA) is 96.6 Å². The van der Waals surface area contributed by atoms with Crippen LogP contribution < -0.4 is 14.2 Å². The van der Waals surface area contributed by atoms with Gasteiger partial charge in [-0.25, -0.2) is 0 Å². The Bertz CT molecular complexity index is 1340. The normalized spacial score (nSPS) is 16.2. The standard InChI is InChI=1S/C27H29ClN4O4S/c1-15(2)10-23-31-32-25(29)19(26(33)30-27(32)37-23)12-18-13-20(28)24(22(14-18)34-5)36-9-8-35-21-11-16(3)6-7-17(21)4/h6-7,11-15,29H,8-10H2,1-5H3/b19-12-,29-25?. The first kappa shape index (κ1) is 26.8. The average molecular weight is 541 g/mol. The third-order valence-electron chi connectivity index (χ3n) is 5.57. The Morgan fingerprint density at radius 2 is 1.89 bits per heavy atom. The third kappa shape index (κ3) is 6.17. The van der Waals surface area contributed by atoms with Crippen molar-refractivity contribution in [3.63, 3.8) is 0 Å². The molecule has 0 unspecified atom stereocenters. The fourth-order valence-corrected chi connectivity index (χ4v) is 5.12. The smallest absolute Gasteiger partial charge is 0.283 e. The molecule has 1 N–H and O–H groups in total. The molecule has 10 heteroatoms. The minimum absolute atomic E-state index is 0.0275. The molecule has 2 aromatic carbocycles. The van der Waals surface area contributed by atoms with Crippen LogP contribution in [0, 0.1) is 25.2 Å². The van der Waals surface area contributed by atoms with Gasteiger partial charge in [-0.1, -0.05) is 37.6 Å². The Morgan fingerprint density at radius 3 is 2.62 bits per heavy atom. The lowest BCUT2D eigenvalue weighted by molar-refractivity contribution is -0.114. The highest BCUT2D eigenvalue weighted by Crippen LogP contribution is 2.38. The summed E-state index contributed by atoms with van der Waals surface area (Å²) in [6, 6.07) is 9.39. The monoisotopic (exact) mass is 540 g/mol. The molecule has 4 rings (SSSR count). The summed E-state index contributed by atoms with van der Waals surface area (Å²) in [7, 11) is 1.51. The summed E-state index contributed by atoms with van der Waals surface area (Å²) in [5, 5.41) is 16.0. The van der Waals surface area contributed by atoms with Crippen LogP contribution >= 0.6 is 23.4 Å². The lowest BCUT2D eigenvalue weighted by Crippen LogP contribution is -2.35. The fourth-order valence-electron chi connectivity index (χ4n) is 3.75. The van der Waals surface area contributed by atoms with Crippen LogP contribution in [0.5, 0.6) is 17.2 Å². The van der Waals surface area contributed by atoms with E-state index >= 15 is 0 Å². The van der Waals surface area contributed by atoms with Crippen molar-refractivity contribution in [2.24, 2.45) is 16.0 Å². The van der Waals surface area contributed by atoms with Crippen molar-refractivity contribution >= 4 is 51.4 Å². The molecular formula is C27H29ClN4O4S. The predicted octanol–water partition coefficient (Wildman–Crippen LogP) is 6.09. The first-order valence-electron chi connectivity index (χ1n) is 11.9. The van der Waals surface area contributed by atoms with E-state index < -0.39 is 5.91 Å². The van der Waals surface area contributed by atoms with Gasteiger partial charge >= 0.3 is 0 Å². The molecule has 0 radical (unpaired) electrons. The molecule has 37 heavy (non-hydrogen) atoms. The molecule has 0 atom stereocenters. The number of hydrogen-bond donors (Lipinski definition) is 1. The van der Waals surface area contributed by atoms with Crippen LogP contribution in [0.3, 0.4) is 0 Å². The van der Waals surface area contributed by atoms with E-state index in [0.29, 0.717) is 39.8 Å². The van der Waals surface area contributed by atoms with E-state index in [1.807, 2.05) is 32.0 Å². The van der Waals surface area contributed by atoms with Crippen LogP contribution in [0.1, 0.15) is 37.0 Å². The molecule has 2 aromatic rings. The van der Waals surface area contributed by atoms with Gasteiger partial charge in [-0.2, -0.15) is 15.1 Å². The first-order chi connectivity index (χ1) is 17.7. The van der Waals surface area contributed by atoms with E-state index in [-0.39, 0.29) is 18.0 Å². The summed E-state index contributed by atoms with van der Waals surface area (Å²) >= 11 is 7.85. The Balaban J connectivity index is 1.48. The van der Waals surface area contributed by atoms with Crippen LogP contribution in [0.25, 0.3) is 6.08 Å². The van der Waals surface area contributed by atoms with Crippen LogP contribution in [0.15, 0.2) is 46.0 Å². The number of methoxy groups -OCH3 is 1. The minimum Gasteiger partial charge on any atom is -0.493 e. The molecule has 2 aliphatic rings. The van der Waals surface area contributed by atoms with Crippen molar-refractivity contribution in [1.82, 2.24) is 5.01 Å². The number of benzene rings is 2. The van der Waals surface area contributed by atoms with Gasteiger partial charge in [0.25, 0.3) is 5.91 Å². The van der Waals surface area contributed by atoms with Crippen molar-refractivity contribution in [2.75, 3.05) is 20.3 Å². The molecule has 0 aromatic heterocycles. The van der Waals surface area contributed by atoms with Gasteiger partial charge in [0.15, 0.2) is 17.3 Å². The molecule has 0 aliphatic carbocycles. The summed E-state index contributed by atoms with van der Waals surface area (Å²) in [6.07, 6.45) is 2.32. The van der Waals surface area contributed by atoms with Gasteiger partial charge in [-0.05, 0) is 72.5 Å². The number of aryl methyl sites for hydroxylation is 2. The Labute approximate surface area is 225 Å². The Kier molecular flexibility index (Phi) is 8.24. The Morgan fingerprint density at radius 1 is 1.14 bits per heavy atom. The van der Waals surface area contributed by atoms with Gasteiger partial charge in [-0.15, -0.1) is 0 Å². The molecule has 0 fully saturated rings. The second-order valence-corrected chi connectivity index (χ2v) is 10.6. The van der Waals surface area contributed by atoms with Crippen molar-refractivity contribution < 1.29 is 19.0 Å². The molecular weight excluding hydrogens is 512 g/mol. The summed E-state index contributed by atoms with van der Waals surface area (Å²) in [5.41, 5.74) is 2.86. The lowest BCUT2D eigenvalue weighted by atomic mass is 10.1. The highest BCUT2D eigenvalue weighted by atomic mass is 35.5. The van der Waals surface area contributed by atoms with Gasteiger partial charge in [0, 0.05) is 6.42 Å². The zero-order valence-corrected chi connectivity index (χ0v) is 23.0. The predicted molar refractivity (Wildman–Crippen MR) is 149 cm³/mol. The van der Waals surface area contributed by atoms with E-state index in [1.165, 1.54) is 23.9 Å². The number of rotatable bonds is 9. The number of carbonyl (C=O) groups is 1. The number of aliphatic imine (C=N–C) groups is 1. The molecule has 8 nitrogen and oxygen atoms in total. The fraction of sp³-hybridized carbons (Fsp3) is 0.333. The summed E-state index contributed by atoms with van der Waals surface area (Å²) in [4.78, 5) is 16.9. The summed E-state index contributed by atoms with van der Waals surface area (Å²) in [6.45, 7) is 8.77. The maximum atomic E-state index is 12.7. The average Bonchev–Trinajstić information content (AvgIpc) is 3.23. The molecule has 194 valence electrons. The zero-order valence-electron chi connectivity index (χ0n) is 21.4. The highest BCUT2D eigenvalue weighted by Gasteiger charge is 2.35. The van der Waals surface area contributed by atoms with Gasteiger partial charge in [0.2, 0.25) is 5.17 Å². The largest absolute Gasteiger partial charge is 0.493 e. The lowest BCUT2D eigenvalue weighted by Gasteiger charge is -2.20. The number of amides is 1. The van der Waals surface area contributed by atoms with E-state index in [0.717, 1.165) is 28.3 Å². The van der Waals surface area contributed by atoms with E-state index in [1.54, 1.807) is 18.2 Å². The third-order valence-corrected chi connectivity index (χ3v) is 6.78. The molecule has 2 aliphatic heterocycles.